The Morgan fingerprint density at radius 2 is 2.00 bits per heavy atom. The van der Waals surface area contributed by atoms with Gasteiger partial charge in [-0.25, -0.2) is 14.3 Å². The molecule has 1 spiro atoms. The predicted molar refractivity (Wildman–Crippen MR) is 99.8 cm³/mol. The highest BCUT2D eigenvalue weighted by molar-refractivity contribution is 5.88. The highest BCUT2D eigenvalue weighted by atomic mass is 16.6. The summed E-state index contributed by atoms with van der Waals surface area (Å²) in [5.41, 5.74) is 0.417. The molecule has 1 aromatic carbocycles. The Morgan fingerprint density at radius 1 is 1.19 bits per heavy atom. The van der Waals surface area contributed by atoms with Crippen molar-refractivity contribution >= 4 is 17.9 Å². The molecule has 2 saturated heterocycles. The van der Waals surface area contributed by atoms with Crippen LogP contribution in [-0.4, -0.2) is 64.0 Å². The number of amides is 3. The Bertz CT molecular complexity index is 837. The van der Waals surface area contributed by atoms with Crippen molar-refractivity contribution in [1.82, 2.24) is 19.6 Å². The number of nitrogens with zero attached hydrogens (tertiary/aromatic N) is 4. The van der Waals surface area contributed by atoms with Gasteiger partial charge in [0.2, 0.25) is 0 Å². The standard InChI is InChI=1S/C19H23N5O3/c1-22-14-19(27-18(22)26)9-5-12-23(13-10-19)17(25)21-16-8-11-20-24(16)15-6-3-2-4-7-15/h2-4,6-8,11H,5,9-10,12-14H2,1H3,(H,21,25)/t19-/m1/s1. The molecule has 0 unspecified atom stereocenters. The molecule has 8 nitrogen and oxygen atoms in total. The molecular weight excluding hydrogens is 346 g/mol. The summed E-state index contributed by atoms with van der Waals surface area (Å²) in [5, 5.41) is 7.25. The van der Waals surface area contributed by atoms with E-state index in [0.717, 1.165) is 18.5 Å². The number of ether oxygens (including phenoxy) is 1. The monoisotopic (exact) mass is 369 g/mol. The Hall–Kier alpha value is -3.03. The number of aromatic nitrogens is 2. The molecule has 2 aliphatic rings. The van der Waals surface area contributed by atoms with Crippen molar-refractivity contribution in [1.29, 1.82) is 0 Å². The lowest BCUT2D eigenvalue weighted by Crippen LogP contribution is -2.38. The third kappa shape index (κ3) is 3.47. The van der Waals surface area contributed by atoms with E-state index in [1.807, 2.05) is 30.3 Å². The number of rotatable bonds is 2. The minimum Gasteiger partial charge on any atom is -0.441 e. The van der Waals surface area contributed by atoms with E-state index in [4.69, 9.17) is 4.74 Å². The Balaban J connectivity index is 1.43. The third-order valence-electron chi connectivity index (χ3n) is 5.20. The first-order chi connectivity index (χ1) is 13.1. The summed E-state index contributed by atoms with van der Waals surface area (Å²) in [5.74, 6) is 0.622. The Kier molecular flexibility index (Phi) is 4.47. The summed E-state index contributed by atoms with van der Waals surface area (Å²) < 4.78 is 7.31. The molecule has 0 radical (unpaired) electrons. The van der Waals surface area contributed by atoms with Gasteiger partial charge in [-0.3, -0.25) is 5.32 Å². The van der Waals surface area contributed by atoms with Crippen molar-refractivity contribution in [2.45, 2.75) is 24.9 Å². The SMILES string of the molecule is CN1C[C@]2(CCCN(C(=O)Nc3ccnn3-c3ccccc3)CC2)OC1=O. The molecule has 1 atom stereocenters. The van der Waals surface area contributed by atoms with Crippen LogP contribution in [0.2, 0.25) is 0 Å². The van der Waals surface area contributed by atoms with Crippen LogP contribution in [0.15, 0.2) is 42.6 Å². The molecule has 3 amide bonds. The van der Waals surface area contributed by atoms with Crippen LogP contribution in [0.25, 0.3) is 5.69 Å². The fourth-order valence-electron chi connectivity index (χ4n) is 3.78. The summed E-state index contributed by atoms with van der Waals surface area (Å²) in [7, 11) is 1.75. The maximum Gasteiger partial charge on any atom is 0.410 e. The summed E-state index contributed by atoms with van der Waals surface area (Å²) in [4.78, 5) is 27.9. The first kappa shape index (κ1) is 17.4. The number of carbonyl (C=O) groups excluding carboxylic acids is 2. The van der Waals surface area contributed by atoms with Gasteiger partial charge in [0.15, 0.2) is 0 Å². The fraction of sp³-hybridized carbons (Fsp3) is 0.421. The zero-order chi connectivity index (χ0) is 18.9. The van der Waals surface area contributed by atoms with Gasteiger partial charge < -0.3 is 14.5 Å². The number of likely N-dealkylation sites (N-methyl/N-ethyl adjacent to an activating group) is 1. The number of carbonyl (C=O) groups is 2. The number of anilines is 1. The summed E-state index contributed by atoms with van der Waals surface area (Å²) >= 11 is 0. The number of benzene rings is 1. The van der Waals surface area contributed by atoms with Gasteiger partial charge in [0.25, 0.3) is 0 Å². The predicted octanol–water partition coefficient (Wildman–Crippen LogP) is 2.71. The van der Waals surface area contributed by atoms with Crippen LogP contribution in [0.4, 0.5) is 15.4 Å². The molecule has 1 N–H and O–H groups in total. The van der Waals surface area contributed by atoms with Crippen molar-refractivity contribution < 1.29 is 14.3 Å². The van der Waals surface area contributed by atoms with E-state index in [1.54, 1.807) is 33.8 Å². The lowest BCUT2D eigenvalue weighted by Gasteiger charge is -2.25. The smallest absolute Gasteiger partial charge is 0.410 e. The minimum atomic E-state index is -0.466. The first-order valence-electron chi connectivity index (χ1n) is 9.16. The molecule has 27 heavy (non-hydrogen) atoms. The quantitative estimate of drug-likeness (QED) is 0.883. The number of nitrogens with one attached hydrogen (secondary N) is 1. The fourth-order valence-corrected chi connectivity index (χ4v) is 3.78. The second-order valence-electron chi connectivity index (χ2n) is 7.14. The van der Waals surface area contributed by atoms with Crippen molar-refractivity contribution in [3.63, 3.8) is 0 Å². The number of hydrogen-bond donors (Lipinski definition) is 1. The van der Waals surface area contributed by atoms with Crippen LogP contribution in [-0.2, 0) is 4.74 Å². The summed E-state index contributed by atoms with van der Waals surface area (Å²) in [6.45, 7) is 1.77. The number of hydrogen-bond acceptors (Lipinski definition) is 4. The molecule has 142 valence electrons. The molecule has 4 rings (SSSR count). The molecule has 0 aliphatic carbocycles. The van der Waals surface area contributed by atoms with Crippen LogP contribution < -0.4 is 5.32 Å². The molecule has 3 heterocycles. The van der Waals surface area contributed by atoms with E-state index in [2.05, 4.69) is 10.4 Å². The molecule has 2 fully saturated rings. The highest BCUT2D eigenvalue weighted by Crippen LogP contribution is 2.32. The van der Waals surface area contributed by atoms with Crippen LogP contribution in [0.1, 0.15) is 19.3 Å². The normalized spacial score (nSPS) is 22.6. The molecule has 2 aromatic rings. The van der Waals surface area contributed by atoms with Gasteiger partial charge in [-0.2, -0.15) is 5.10 Å². The Morgan fingerprint density at radius 3 is 2.74 bits per heavy atom. The second kappa shape index (κ2) is 6.94. The average molecular weight is 369 g/mol. The Labute approximate surface area is 157 Å². The lowest BCUT2D eigenvalue weighted by molar-refractivity contribution is 0.0454. The van der Waals surface area contributed by atoms with Crippen LogP contribution in [0.3, 0.4) is 0 Å². The average Bonchev–Trinajstić information content (AvgIpc) is 3.16. The second-order valence-corrected chi connectivity index (χ2v) is 7.14. The third-order valence-corrected chi connectivity index (χ3v) is 5.20. The van der Waals surface area contributed by atoms with Crippen LogP contribution >= 0.6 is 0 Å². The molecule has 8 heteroatoms. The lowest BCUT2D eigenvalue weighted by atomic mass is 9.95. The molecule has 2 aliphatic heterocycles. The van der Waals surface area contributed by atoms with Gasteiger partial charge in [-0.15, -0.1) is 0 Å². The van der Waals surface area contributed by atoms with Crippen LogP contribution in [0.5, 0.6) is 0 Å². The van der Waals surface area contributed by atoms with E-state index in [-0.39, 0.29) is 12.1 Å². The van der Waals surface area contributed by atoms with Gasteiger partial charge in [-0.1, -0.05) is 18.2 Å². The molecule has 0 saturated carbocycles. The van der Waals surface area contributed by atoms with Gasteiger partial charge in [0.05, 0.1) is 18.4 Å². The van der Waals surface area contributed by atoms with E-state index in [0.29, 0.717) is 31.9 Å². The number of para-hydroxylation sites is 1. The van der Waals surface area contributed by atoms with E-state index >= 15 is 0 Å². The van der Waals surface area contributed by atoms with Gasteiger partial charge >= 0.3 is 12.1 Å². The molecule has 1 aromatic heterocycles. The van der Waals surface area contributed by atoms with Crippen molar-refractivity contribution in [3.8, 4) is 5.69 Å². The summed E-state index contributed by atoms with van der Waals surface area (Å²) in [6.07, 6.45) is 3.60. The van der Waals surface area contributed by atoms with Gasteiger partial charge in [-0.05, 0) is 25.0 Å². The topological polar surface area (TPSA) is 79.7 Å². The zero-order valence-electron chi connectivity index (χ0n) is 15.3. The number of likely N-dealkylation sites (tertiary alicyclic amines) is 1. The van der Waals surface area contributed by atoms with E-state index in [9.17, 15) is 9.59 Å². The van der Waals surface area contributed by atoms with Crippen molar-refractivity contribution in [2.75, 3.05) is 32.0 Å². The maximum absolute atomic E-state index is 12.8. The number of urea groups is 1. The maximum atomic E-state index is 12.8. The van der Waals surface area contributed by atoms with Gasteiger partial charge in [0, 0.05) is 32.6 Å². The molecular formula is C19H23N5O3. The minimum absolute atomic E-state index is 0.164. The van der Waals surface area contributed by atoms with Crippen molar-refractivity contribution in [2.24, 2.45) is 0 Å². The van der Waals surface area contributed by atoms with E-state index in [1.165, 1.54) is 0 Å². The first-order valence-corrected chi connectivity index (χ1v) is 9.16. The summed E-state index contributed by atoms with van der Waals surface area (Å²) in [6, 6.07) is 11.3. The zero-order valence-corrected chi connectivity index (χ0v) is 15.3. The largest absolute Gasteiger partial charge is 0.441 e. The van der Waals surface area contributed by atoms with E-state index < -0.39 is 5.60 Å². The van der Waals surface area contributed by atoms with Gasteiger partial charge in [0.1, 0.15) is 11.4 Å². The highest BCUT2D eigenvalue weighted by Gasteiger charge is 2.44. The van der Waals surface area contributed by atoms with Crippen LogP contribution in [0, 0.1) is 0 Å². The van der Waals surface area contributed by atoms with Crippen molar-refractivity contribution in [3.05, 3.63) is 42.6 Å². The molecule has 0 bridgehead atoms.